The van der Waals surface area contributed by atoms with Crippen LogP contribution in [0.2, 0.25) is 0 Å². The SMILES string of the molecule is CC(C)(C)c1ccc(N2B3c4cc5oc6ccccc6c5cc4-n4c5cc6c(cc5c5c7c(c(c3c54)-c3cc4sc5cc8c(cc5c4cc32)C(C)(C)CCC8(C)C)-c2ccccc2C7(C)C)C(C)(C)CCC6(C)C)cc1. The van der Waals surface area contributed by atoms with Crippen LogP contribution < -0.4 is 15.7 Å². The fraction of sp³-hybridized carbons (Fsp3) is 0.324. The van der Waals surface area contributed by atoms with Crippen molar-refractivity contribution in [1.82, 2.24) is 4.57 Å². The highest BCUT2D eigenvalue weighted by molar-refractivity contribution is 7.25. The lowest BCUT2D eigenvalue weighted by atomic mass is 9.43. The molecule has 3 nitrogen and oxygen atoms in total. The number of aromatic nitrogens is 1. The van der Waals surface area contributed by atoms with E-state index in [1.807, 2.05) is 11.3 Å². The maximum atomic E-state index is 6.97. The van der Waals surface area contributed by atoms with E-state index in [2.05, 4.69) is 221 Å². The maximum Gasteiger partial charge on any atom is 0.333 e. The Hall–Kier alpha value is -6.56. The second-order valence-corrected chi connectivity index (χ2v) is 29.2. The lowest BCUT2D eigenvalue weighted by Gasteiger charge is -2.43. The summed E-state index contributed by atoms with van der Waals surface area (Å²) in [5.41, 5.74) is 26.8. The number of fused-ring (bicyclic) bond motifs is 21. The van der Waals surface area contributed by atoms with E-state index in [-0.39, 0.29) is 39.3 Å². The summed E-state index contributed by atoms with van der Waals surface area (Å²) in [7, 11) is 0. The van der Waals surface area contributed by atoms with Crippen molar-refractivity contribution >= 4 is 104 Å². The van der Waals surface area contributed by atoms with Gasteiger partial charge in [0.05, 0.1) is 11.0 Å². The number of hydrogen-bond acceptors (Lipinski definition) is 3. The Balaban J connectivity index is 1.14. The molecule has 3 aromatic heterocycles. The number of hydrogen-bond donors (Lipinski definition) is 0. The molecule has 376 valence electrons. The zero-order chi connectivity index (χ0) is 52.3. The van der Waals surface area contributed by atoms with Gasteiger partial charge in [-0.3, -0.25) is 0 Å². The van der Waals surface area contributed by atoms with Gasteiger partial charge in [-0.2, -0.15) is 0 Å². The van der Waals surface area contributed by atoms with Crippen LogP contribution in [0, 0.1) is 0 Å². The van der Waals surface area contributed by atoms with Crippen molar-refractivity contribution in [1.29, 1.82) is 0 Å². The molecule has 16 rings (SSSR count). The van der Waals surface area contributed by atoms with Gasteiger partial charge >= 0.3 is 6.85 Å². The summed E-state index contributed by atoms with van der Waals surface area (Å²) < 4.78 is 12.5. The van der Waals surface area contributed by atoms with Gasteiger partial charge in [-0.15, -0.1) is 11.3 Å². The molecule has 2 aliphatic heterocycles. The second-order valence-electron chi connectivity index (χ2n) is 28.2. The average molecular weight is 1010 g/mol. The smallest absolute Gasteiger partial charge is 0.333 e. The van der Waals surface area contributed by atoms with Crippen molar-refractivity contribution in [2.75, 3.05) is 4.81 Å². The van der Waals surface area contributed by atoms with Crippen LogP contribution in [0.25, 0.3) is 91.9 Å². The van der Waals surface area contributed by atoms with Crippen molar-refractivity contribution in [3.8, 4) is 27.9 Å². The van der Waals surface area contributed by atoms with Crippen LogP contribution in [0.1, 0.15) is 155 Å². The van der Waals surface area contributed by atoms with Gasteiger partial charge < -0.3 is 13.8 Å². The highest BCUT2D eigenvalue weighted by Gasteiger charge is 2.51. The Morgan fingerprint density at radius 1 is 0.513 bits per heavy atom. The van der Waals surface area contributed by atoms with Crippen LogP contribution in [0.4, 0.5) is 11.4 Å². The molecule has 5 heteroatoms. The van der Waals surface area contributed by atoms with E-state index in [4.69, 9.17) is 4.42 Å². The fourth-order valence-corrected chi connectivity index (χ4v) is 17.0. The van der Waals surface area contributed by atoms with E-state index in [1.165, 1.54) is 156 Å². The van der Waals surface area contributed by atoms with Gasteiger partial charge in [0.1, 0.15) is 11.2 Å². The third-order valence-corrected chi connectivity index (χ3v) is 21.5. The molecule has 0 unspecified atom stereocenters. The zero-order valence-electron chi connectivity index (χ0n) is 46.7. The minimum absolute atomic E-state index is 0.00859. The first-order valence-electron chi connectivity index (χ1n) is 28.3. The summed E-state index contributed by atoms with van der Waals surface area (Å²) in [5.74, 6) is 0. The predicted molar refractivity (Wildman–Crippen MR) is 327 cm³/mol. The summed E-state index contributed by atoms with van der Waals surface area (Å²) >= 11 is 2.00. The van der Waals surface area contributed by atoms with Gasteiger partial charge in [0.2, 0.25) is 0 Å². The Labute approximate surface area is 452 Å². The highest BCUT2D eigenvalue weighted by Crippen LogP contribution is 2.61. The van der Waals surface area contributed by atoms with Crippen molar-refractivity contribution in [3.63, 3.8) is 0 Å². The van der Waals surface area contributed by atoms with Crippen LogP contribution in [-0.2, 0) is 32.5 Å². The standard InChI is InChI=1S/C71H67BN2OS/c1-66(2,3)38-22-24-39(25-23-38)74-54-33-44-43-30-48-51(70(10,11)29-27-67(48,4)5)36-59(43)76-58(44)34-46(54)61-60-41-19-14-16-20-47(41)71(12,13)63(60)62-45-31-49-50(69(8,9)28-26-68(49,6)7)35-53(45)73-55-32-42-40-18-15-17-21-56(40)75-57(42)37-52(55)72(74)64(61)65(62)73/h14-25,30-37H,26-29H2,1-13H3. The summed E-state index contributed by atoms with van der Waals surface area (Å²) in [6, 6.07) is 48.5. The van der Waals surface area contributed by atoms with Crippen LogP contribution in [0.3, 0.4) is 0 Å². The Bertz CT molecular complexity index is 4480. The van der Waals surface area contributed by atoms with E-state index < -0.39 is 0 Å². The summed E-state index contributed by atoms with van der Waals surface area (Å²) in [6.07, 6.45) is 4.72. The number of benzene rings is 8. The fourth-order valence-electron chi connectivity index (χ4n) is 15.9. The number of thiophene rings is 1. The third kappa shape index (κ3) is 5.66. The molecule has 8 aromatic carbocycles. The molecule has 0 radical (unpaired) electrons. The molecule has 0 amide bonds. The van der Waals surface area contributed by atoms with E-state index in [1.54, 1.807) is 0 Å². The van der Waals surface area contributed by atoms with Crippen molar-refractivity contribution in [2.24, 2.45) is 0 Å². The number of anilines is 2. The molecule has 0 saturated heterocycles. The maximum absolute atomic E-state index is 6.97. The van der Waals surface area contributed by atoms with Crippen LogP contribution >= 0.6 is 11.3 Å². The molecule has 76 heavy (non-hydrogen) atoms. The lowest BCUT2D eigenvalue weighted by molar-refractivity contribution is 0.332. The molecule has 5 heterocycles. The van der Waals surface area contributed by atoms with Crippen LogP contribution in [0.5, 0.6) is 0 Å². The van der Waals surface area contributed by atoms with Crippen molar-refractivity contribution in [3.05, 3.63) is 160 Å². The van der Waals surface area contributed by atoms with Crippen LogP contribution in [-0.4, -0.2) is 11.4 Å². The van der Waals surface area contributed by atoms with E-state index in [0.717, 1.165) is 23.0 Å². The minimum Gasteiger partial charge on any atom is -0.456 e. The highest BCUT2D eigenvalue weighted by atomic mass is 32.1. The Morgan fingerprint density at radius 2 is 1.11 bits per heavy atom. The average Bonchev–Trinajstić information content (AvgIpc) is 4.12. The molecular weight excluding hydrogens is 940 g/mol. The van der Waals surface area contributed by atoms with Gasteiger partial charge in [-0.05, 0) is 186 Å². The minimum atomic E-state index is -0.272. The topological polar surface area (TPSA) is 21.3 Å². The predicted octanol–water partition coefficient (Wildman–Crippen LogP) is 18.6. The van der Waals surface area contributed by atoms with Crippen LogP contribution in [0.15, 0.2) is 126 Å². The molecule has 0 spiro atoms. The zero-order valence-corrected chi connectivity index (χ0v) is 47.5. The normalized spacial score (nSPS) is 18.9. The molecule has 3 aliphatic carbocycles. The second kappa shape index (κ2) is 14.1. The molecule has 5 aliphatic rings. The van der Waals surface area contributed by atoms with Gasteiger partial charge in [-0.1, -0.05) is 145 Å². The van der Waals surface area contributed by atoms with E-state index in [0.29, 0.717) is 0 Å². The molecule has 0 atom stereocenters. The summed E-state index contributed by atoms with van der Waals surface area (Å²) in [5, 5.41) is 7.87. The van der Waals surface area contributed by atoms with Gasteiger partial charge in [-0.25, -0.2) is 0 Å². The van der Waals surface area contributed by atoms with Gasteiger partial charge in [0.15, 0.2) is 0 Å². The first kappa shape index (κ1) is 45.6. The monoisotopic (exact) mass is 1010 g/mol. The first-order chi connectivity index (χ1) is 36.0. The summed E-state index contributed by atoms with van der Waals surface area (Å²) in [6.45, 7) is 31.7. The van der Waals surface area contributed by atoms with E-state index >= 15 is 0 Å². The van der Waals surface area contributed by atoms with Crippen molar-refractivity contribution < 1.29 is 4.42 Å². The van der Waals surface area contributed by atoms with E-state index in [9.17, 15) is 0 Å². The Morgan fingerprint density at radius 3 is 1.80 bits per heavy atom. The number of furan rings is 1. The molecule has 11 aromatic rings. The molecule has 0 fully saturated rings. The molecular formula is C71H67BN2OS. The van der Waals surface area contributed by atoms with Gasteiger partial charge in [0.25, 0.3) is 0 Å². The molecule has 0 N–H and O–H groups in total. The largest absolute Gasteiger partial charge is 0.456 e. The van der Waals surface area contributed by atoms with Gasteiger partial charge in [0, 0.05) is 69.8 Å². The number of nitrogens with zero attached hydrogens (tertiary/aromatic N) is 2. The van der Waals surface area contributed by atoms with Crippen molar-refractivity contribution in [2.45, 2.75) is 148 Å². The summed E-state index contributed by atoms with van der Waals surface area (Å²) in [4.78, 5) is 2.77. The molecule has 0 saturated carbocycles. The lowest BCUT2D eigenvalue weighted by Crippen LogP contribution is -2.60. The quantitative estimate of drug-likeness (QED) is 0.153. The number of para-hydroxylation sites is 1. The third-order valence-electron chi connectivity index (χ3n) is 20.4. The first-order valence-corrected chi connectivity index (χ1v) is 29.1. The Kier molecular flexibility index (Phi) is 8.48. The number of rotatable bonds is 1. The molecule has 0 bridgehead atoms.